The Morgan fingerprint density at radius 1 is 1.11 bits per heavy atom. The van der Waals surface area contributed by atoms with Gasteiger partial charge < -0.3 is 15.3 Å². The highest BCUT2D eigenvalue weighted by molar-refractivity contribution is 6.06. The number of carbonyl (C=O) groups is 2. The summed E-state index contributed by atoms with van der Waals surface area (Å²) in [5.74, 6) is -0.849. The lowest BCUT2D eigenvalue weighted by Gasteiger charge is -2.13. The molecule has 0 bridgehead atoms. The van der Waals surface area contributed by atoms with Crippen LogP contribution in [0.2, 0.25) is 0 Å². The van der Waals surface area contributed by atoms with Crippen LogP contribution in [0, 0.1) is 6.92 Å². The molecule has 7 heteroatoms. The maximum absolute atomic E-state index is 12.1. The van der Waals surface area contributed by atoms with Crippen LogP contribution in [0.4, 0.5) is 11.4 Å². The first kappa shape index (κ1) is 20.0. The molecule has 0 saturated carbocycles. The molecular formula is C20H24N4O3. The minimum Gasteiger partial charge on any atom is -0.507 e. The molecule has 27 heavy (non-hydrogen) atoms. The van der Waals surface area contributed by atoms with Gasteiger partial charge in [-0.05, 0) is 49.7 Å². The molecule has 0 aliphatic carbocycles. The number of hydrazone groups is 1. The lowest BCUT2D eigenvalue weighted by Crippen LogP contribution is -2.21. The molecule has 0 atom stereocenters. The number of phenols is 1. The largest absolute Gasteiger partial charge is 0.507 e. The van der Waals surface area contributed by atoms with E-state index in [1.54, 1.807) is 26.0 Å². The van der Waals surface area contributed by atoms with Gasteiger partial charge in [0.2, 0.25) is 5.91 Å². The van der Waals surface area contributed by atoms with E-state index in [-0.39, 0.29) is 23.6 Å². The number of benzene rings is 2. The number of carbonyl (C=O) groups excluding carboxylic acids is 2. The van der Waals surface area contributed by atoms with E-state index in [2.05, 4.69) is 15.8 Å². The number of amides is 2. The average molecular weight is 368 g/mol. The fourth-order valence-electron chi connectivity index (χ4n) is 2.37. The number of phenolic OH excluding ortho intramolecular Hbond substituents is 1. The summed E-state index contributed by atoms with van der Waals surface area (Å²) in [6, 6.07) is 12.3. The highest BCUT2D eigenvalue weighted by Gasteiger charge is 2.12. The number of rotatable bonds is 6. The lowest BCUT2D eigenvalue weighted by atomic mass is 10.1. The zero-order valence-corrected chi connectivity index (χ0v) is 15.9. The van der Waals surface area contributed by atoms with Crippen LogP contribution in [0.1, 0.15) is 29.3 Å². The van der Waals surface area contributed by atoms with Crippen molar-refractivity contribution < 1.29 is 14.7 Å². The Morgan fingerprint density at radius 3 is 2.41 bits per heavy atom. The van der Waals surface area contributed by atoms with E-state index in [9.17, 15) is 14.7 Å². The van der Waals surface area contributed by atoms with Crippen LogP contribution in [-0.4, -0.2) is 36.7 Å². The Balaban J connectivity index is 1.91. The van der Waals surface area contributed by atoms with Gasteiger partial charge in [-0.15, -0.1) is 0 Å². The van der Waals surface area contributed by atoms with Crippen LogP contribution in [0.3, 0.4) is 0 Å². The van der Waals surface area contributed by atoms with Gasteiger partial charge in [0.25, 0.3) is 5.91 Å². The molecule has 3 N–H and O–H groups in total. The SMILES string of the molecule is C/C(CC(=O)Nc1ccc(N(C)C)cc1)=N/NC(=O)c1cccc(C)c1O. The first-order valence-corrected chi connectivity index (χ1v) is 8.47. The second-order valence-corrected chi connectivity index (χ2v) is 6.43. The predicted octanol–water partition coefficient (Wildman–Crippen LogP) is 2.90. The van der Waals surface area contributed by atoms with Gasteiger partial charge in [0.15, 0.2) is 0 Å². The number of aromatic hydroxyl groups is 1. The van der Waals surface area contributed by atoms with Gasteiger partial charge in [-0.3, -0.25) is 9.59 Å². The molecule has 2 amide bonds. The van der Waals surface area contributed by atoms with E-state index in [0.29, 0.717) is 17.0 Å². The molecule has 7 nitrogen and oxygen atoms in total. The van der Waals surface area contributed by atoms with Crippen LogP contribution < -0.4 is 15.6 Å². The van der Waals surface area contributed by atoms with Gasteiger partial charge in [0.1, 0.15) is 5.75 Å². The minimum absolute atomic E-state index is 0.0372. The van der Waals surface area contributed by atoms with Crippen molar-refractivity contribution in [3.63, 3.8) is 0 Å². The summed E-state index contributed by atoms with van der Waals surface area (Å²) in [6.45, 7) is 3.35. The molecule has 142 valence electrons. The fraction of sp³-hybridized carbons (Fsp3) is 0.250. The zero-order chi connectivity index (χ0) is 20.0. The summed E-state index contributed by atoms with van der Waals surface area (Å²) in [4.78, 5) is 26.2. The van der Waals surface area contributed by atoms with Crippen molar-refractivity contribution in [3.05, 3.63) is 53.6 Å². The molecule has 0 radical (unpaired) electrons. The third kappa shape index (κ3) is 5.57. The summed E-state index contributed by atoms with van der Waals surface area (Å²) in [7, 11) is 3.89. The van der Waals surface area contributed by atoms with Crippen molar-refractivity contribution in [1.29, 1.82) is 0 Å². The van der Waals surface area contributed by atoms with Crippen LogP contribution in [0.25, 0.3) is 0 Å². The smallest absolute Gasteiger partial charge is 0.275 e. The van der Waals surface area contributed by atoms with Crippen molar-refractivity contribution in [1.82, 2.24) is 5.43 Å². The van der Waals surface area contributed by atoms with Crippen molar-refractivity contribution in [2.24, 2.45) is 5.10 Å². The predicted molar refractivity (Wildman–Crippen MR) is 107 cm³/mol. The maximum atomic E-state index is 12.1. The number of hydrogen-bond donors (Lipinski definition) is 3. The maximum Gasteiger partial charge on any atom is 0.275 e. The zero-order valence-electron chi connectivity index (χ0n) is 15.9. The molecule has 0 saturated heterocycles. The number of hydrogen-bond acceptors (Lipinski definition) is 5. The average Bonchev–Trinajstić information content (AvgIpc) is 2.62. The molecule has 0 aliphatic rings. The van der Waals surface area contributed by atoms with Gasteiger partial charge in [-0.25, -0.2) is 5.43 Å². The van der Waals surface area contributed by atoms with Crippen molar-refractivity contribution in [2.75, 3.05) is 24.3 Å². The summed E-state index contributed by atoms with van der Waals surface area (Å²) in [5, 5.41) is 16.6. The second kappa shape index (κ2) is 8.84. The van der Waals surface area contributed by atoms with Gasteiger partial charge >= 0.3 is 0 Å². The Labute approximate surface area is 158 Å². The van der Waals surface area contributed by atoms with E-state index in [1.807, 2.05) is 43.3 Å². The molecule has 2 rings (SSSR count). The van der Waals surface area contributed by atoms with Crippen LogP contribution in [0.15, 0.2) is 47.6 Å². The summed E-state index contributed by atoms with van der Waals surface area (Å²) in [5.41, 5.74) is 5.26. The van der Waals surface area contributed by atoms with Crippen molar-refractivity contribution in [3.8, 4) is 5.75 Å². The standard InChI is InChI=1S/C20H24N4O3/c1-13-6-5-7-17(19(13)26)20(27)23-22-14(2)12-18(25)21-15-8-10-16(11-9-15)24(3)4/h5-11,26H,12H2,1-4H3,(H,21,25)(H,23,27)/b22-14-. The molecule has 0 unspecified atom stereocenters. The normalized spacial score (nSPS) is 11.0. The minimum atomic E-state index is -0.532. The highest BCUT2D eigenvalue weighted by Crippen LogP contribution is 2.21. The first-order chi connectivity index (χ1) is 12.8. The first-order valence-electron chi connectivity index (χ1n) is 8.47. The summed E-state index contributed by atoms with van der Waals surface area (Å²) >= 11 is 0. The van der Waals surface area contributed by atoms with Gasteiger partial charge in [-0.1, -0.05) is 12.1 Å². The molecule has 2 aromatic rings. The number of aryl methyl sites for hydroxylation is 1. The Kier molecular flexibility index (Phi) is 6.54. The Hall–Kier alpha value is -3.35. The van der Waals surface area contributed by atoms with E-state index in [1.165, 1.54) is 6.07 Å². The van der Waals surface area contributed by atoms with Gasteiger partial charge in [0, 0.05) is 31.2 Å². The van der Waals surface area contributed by atoms with Crippen LogP contribution >= 0.6 is 0 Å². The number of anilines is 2. The Bertz CT molecular complexity index is 858. The molecule has 0 spiro atoms. The van der Waals surface area contributed by atoms with Crippen molar-refractivity contribution >= 4 is 28.9 Å². The molecule has 0 aromatic heterocycles. The fourth-order valence-corrected chi connectivity index (χ4v) is 2.37. The molecular weight excluding hydrogens is 344 g/mol. The van der Waals surface area contributed by atoms with E-state index in [4.69, 9.17) is 0 Å². The van der Waals surface area contributed by atoms with E-state index in [0.717, 1.165) is 5.69 Å². The van der Waals surface area contributed by atoms with Gasteiger partial charge in [-0.2, -0.15) is 5.10 Å². The molecule has 0 fully saturated rings. The Morgan fingerprint density at radius 2 is 1.78 bits per heavy atom. The topological polar surface area (TPSA) is 94.0 Å². The van der Waals surface area contributed by atoms with Crippen LogP contribution in [-0.2, 0) is 4.79 Å². The highest BCUT2D eigenvalue weighted by atomic mass is 16.3. The van der Waals surface area contributed by atoms with E-state index >= 15 is 0 Å². The quantitative estimate of drug-likeness (QED) is 0.540. The van der Waals surface area contributed by atoms with E-state index < -0.39 is 5.91 Å². The van der Waals surface area contributed by atoms with Crippen molar-refractivity contribution in [2.45, 2.75) is 20.3 Å². The third-order valence-corrected chi connectivity index (χ3v) is 3.91. The second-order valence-electron chi connectivity index (χ2n) is 6.43. The molecule has 0 aliphatic heterocycles. The summed E-state index contributed by atoms with van der Waals surface area (Å²) in [6.07, 6.45) is 0.0372. The summed E-state index contributed by atoms with van der Waals surface area (Å²) < 4.78 is 0. The number of nitrogens with zero attached hydrogens (tertiary/aromatic N) is 2. The number of para-hydroxylation sites is 1. The lowest BCUT2D eigenvalue weighted by molar-refractivity contribution is -0.115. The third-order valence-electron chi connectivity index (χ3n) is 3.91. The molecule has 0 heterocycles. The van der Waals surface area contributed by atoms with Crippen LogP contribution in [0.5, 0.6) is 5.75 Å². The van der Waals surface area contributed by atoms with Gasteiger partial charge in [0.05, 0.1) is 12.0 Å². The monoisotopic (exact) mass is 368 g/mol. The number of nitrogens with one attached hydrogen (secondary N) is 2. The molecule has 2 aromatic carbocycles.